The first-order chi connectivity index (χ1) is 6.11. The summed E-state index contributed by atoms with van der Waals surface area (Å²) in [7, 11) is 3.19. The largest absolute Gasteiger partial charge is 0.493 e. The van der Waals surface area contributed by atoms with Crippen LogP contribution in [0.1, 0.15) is 11.1 Å². The van der Waals surface area contributed by atoms with Crippen LogP contribution in [-0.2, 0) is 0 Å². The maximum Gasteiger partial charge on any atom is 0.184 e. The van der Waals surface area contributed by atoms with E-state index >= 15 is 0 Å². The molecule has 0 unspecified atom stereocenters. The Labute approximate surface area is 78.5 Å². The number of benzene rings is 1. The zero-order chi connectivity index (χ0) is 10.0. The summed E-state index contributed by atoms with van der Waals surface area (Å²) < 4.78 is 10.3. The van der Waals surface area contributed by atoms with Gasteiger partial charge in [0.1, 0.15) is 0 Å². The third kappa shape index (κ3) is 1.54. The molecule has 3 heteroatoms. The van der Waals surface area contributed by atoms with Gasteiger partial charge in [-0.1, -0.05) is 0 Å². The van der Waals surface area contributed by atoms with Crippen LogP contribution in [0.2, 0.25) is 0 Å². The highest BCUT2D eigenvalue weighted by Crippen LogP contribution is 2.37. The lowest BCUT2D eigenvalue weighted by molar-refractivity contribution is 0.356. The molecule has 0 heterocycles. The number of aryl methyl sites for hydroxylation is 1. The second-order valence-corrected chi connectivity index (χ2v) is 2.97. The smallest absolute Gasteiger partial charge is 0.184 e. The van der Waals surface area contributed by atoms with Crippen LogP contribution in [0, 0.1) is 13.8 Å². The molecule has 3 nitrogen and oxygen atoms in total. The molecule has 0 fully saturated rings. The maximum absolute atomic E-state index is 5.87. The lowest BCUT2D eigenvalue weighted by Crippen LogP contribution is -2.00. The zero-order valence-electron chi connectivity index (χ0n) is 8.47. The maximum atomic E-state index is 5.87. The van der Waals surface area contributed by atoms with Gasteiger partial charge in [-0.15, -0.1) is 0 Å². The molecule has 1 aromatic rings. The predicted octanol–water partition coefficient (Wildman–Crippen LogP) is 1.90. The quantitative estimate of drug-likeness (QED) is 0.709. The summed E-state index contributed by atoms with van der Waals surface area (Å²) >= 11 is 0. The van der Waals surface area contributed by atoms with E-state index in [-0.39, 0.29) is 0 Å². The summed E-state index contributed by atoms with van der Waals surface area (Å²) in [4.78, 5) is 0. The number of nitrogen functional groups attached to an aromatic ring is 1. The van der Waals surface area contributed by atoms with Crippen molar-refractivity contribution in [2.75, 3.05) is 20.0 Å². The second-order valence-electron chi connectivity index (χ2n) is 2.97. The molecular weight excluding hydrogens is 166 g/mol. The molecule has 0 amide bonds. The fourth-order valence-corrected chi connectivity index (χ4v) is 1.25. The van der Waals surface area contributed by atoms with E-state index in [4.69, 9.17) is 15.2 Å². The molecule has 1 aromatic carbocycles. The Morgan fingerprint density at radius 2 is 1.77 bits per heavy atom. The molecule has 0 aliphatic carbocycles. The summed E-state index contributed by atoms with van der Waals surface area (Å²) in [5, 5.41) is 0. The van der Waals surface area contributed by atoms with E-state index < -0.39 is 0 Å². The number of anilines is 1. The fourth-order valence-electron chi connectivity index (χ4n) is 1.25. The van der Waals surface area contributed by atoms with Crippen LogP contribution >= 0.6 is 0 Å². The Morgan fingerprint density at radius 3 is 2.23 bits per heavy atom. The highest BCUT2D eigenvalue weighted by molar-refractivity contribution is 5.66. The number of rotatable bonds is 2. The van der Waals surface area contributed by atoms with E-state index in [0.29, 0.717) is 17.2 Å². The van der Waals surface area contributed by atoms with Crippen molar-refractivity contribution in [1.29, 1.82) is 0 Å². The number of hydrogen-bond acceptors (Lipinski definition) is 3. The fraction of sp³-hybridized carbons (Fsp3) is 0.400. The minimum Gasteiger partial charge on any atom is -0.493 e. The first-order valence-corrected chi connectivity index (χ1v) is 4.09. The Morgan fingerprint density at radius 1 is 1.15 bits per heavy atom. The van der Waals surface area contributed by atoms with Gasteiger partial charge < -0.3 is 15.2 Å². The van der Waals surface area contributed by atoms with Crippen molar-refractivity contribution in [3.63, 3.8) is 0 Å². The highest BCUT2D eigenvalue weighted by atomic mass is 16.5. The van der Waals surface area contributed by atoms with E-state index in [1.807, 2.05) is 19.9 Å². The number of nitrogens with two attached hydrogens (primary N) is 1. The highest BCUT2D eigenvalue weighted by Gasteiger charge is 2.11. The lowest BCUT2D eigenvalue weighted by atomic mass is 10.1. The van der Waals surface area contributed by atoms with Crippen molar-refractivity contribution in [1.82, 2.24) is 0 Å². The van der Waals surface area contributed by atoms with E-state index in [9.17, 15) is 0 Å². The Hall–Kier alpha value is -1.38. The van der Waals surface area contributed by atoms with Crippen molar-refractivity contribution in [3.05, 3.63) is 17.2 Å². The van der Waals surface area contributed by atoms with Crippen LogP contribution in [0.4, 0.5) is 5.69 Å². The second kappa shape index (κ2) is 3.56. The summed E-state index contributed by atoms with van der Waals surface area (Å²) in [5.41, 5.74) is 8.66. The minimum atomic E-state index is 0.616. The Balaban J connectivity index is 3.39. The molecule has 0 aromatic heterocycles. The van der Waals surface area contributed by atoms with Gasteiger partial charge in [0.25, 0.3) is 0 Å². The average molecular weight is 181 g/mol. The van der Waals surface area contributed by atoms with Gasteiger partial charge in [0.05, 0.1) is 19.9 Å². The lowest BCUT2D eigenvalue weighted by Gasteiger charge is -2.13. The summed E-state index contributed by atoms with van der Waals surface area (Å²) in [6.45, 7) is 3.96. The van der Waals surface area contributed by atoms with E-state index in [1.54, 1.807) is 14.2 Å². The van der Waals surface area contributed by atoms with Crippen LogP contribution in [0.15, 0.2) is 6.07 Å². The van der Waals surface area contributed by atoms with Crippen LogP contribution in [0.25, 0.3) is 0 Å². The minimum absolute atomic E-state index is 0.616. The molecule has 0 spiro atoms. The molecular formula is C10H15NO2. The van der Waals surface area contributed by atoms with Gasteiger partial charge >= 0.3 is 0 Å². The molecule has 0 atom stereocenters. The first-order valence-electron chi connectivity index (χ1n) is 4.09. The molecule has 2 N–H and O–H groups in total. The van der Waals surface area contributed by atoms with Crippen molar-refractivity contribution in [2.45, 2.75) is 13.8 Å². The van der Waals surface area contributed by atoms with Crippen LogP contribution in [-0.4, -0.2) is 14.2 Å². The third-order valence-corrected chi connectivity index (χ3v) is 2.24. The third-order valence-electron chi connectivity index (χ3n) is 2.24. The van der Waals surface area contributed by atoms with Crippen molar-refractivity contribution in [3.8, 4) is 11.5 Å². The van der Waals surface area contributed by atoms with E-state index in [0.717, 1.165) is 11.1 Å². The molecule has 0 saturated heterocycles. The van der Waals surface area contributed by atoms with E-state index in [2.05, 4.69) is 0 Å². The molecule has 72 valence electrons. The summed E-state index contributed by atoms with van der Waals surface area (Å²) in [6, 6.07) is 1.92. The summed E-state index contributed by atoms with van der Waals surface area (Å²) in [6.07, 6.45) is 0. The summed E-state index contributed by atoms with van der Waals surface area (Å²) in [5.74, 6) is 1.30. The number of ether oxygens (including phenoxy) is 2. The molecule has 13 heavy (non-hydrogen) atoms. The van der Waals surface area contributed by atoms with Gasteiger partial charge in [-0.2, -0.15) is 0 Å². The molecule has 0 radical (unpaired) electrons. The Bertz CT molecular complexity index is 321. The van der Waals surface area contributed by atoms with Gasteiger partial charge in [-0.3, -0.25) is 0 Å². The van der Waals surface area contributed by atoms with Crippen molar-refractivity contribution >= 4 is 5.69 Å². The van der Waals surface area contributed by atoms with E-state index in [1.165, 1.54) is 0 Å². The van der Waals surface area contributed by atoms with Gasteiger partial charge in [0, 0.05) is 0 Å². The molecule has 1 rings (SSSR count). The topological polar surface area (TPSA) is 44.5 Å². The normalized spacial score (nSPS) is 9.85. The molecule has 0 saturated carbocycles. The zero-order valence-corrected chi connectivity index (χ0v) is 8.47. The number of hydrogen-bond donors (Lipinski definition) is 1. The predicted molar refractivity (Wildman–Crippen MR) is 53.4 cm³/mol. The van der Waals surface area contributed by atoms with Crippen molar-refractivity contribution in [2.24, 2.45) is 0 Å². The SMILES string of the molecule is COc1cc(C)c(C)c(N)c1OC. The molecule has 0 bridgehead atoms. The van der Waals surface area contributed by atoms with Crippen LogP contribution in [0.5, 0.6) is 11.5 Å². The monoisotopic (exact) mass is 181 g/mol. The van der Waals surface area contributed by atoms with Crippen LogP contribution in [0.3, 0.4) is 0 Å². The first kappa shape index (κ1) is 9.71. The Kier molecular flexibility index (Phi) is 2.66. The molecule has 0 aliphatic heterocycles. The van der Waals surface area contributed by atoms with Gasteiger partial charge in [0.15, 0.2) is 11.5 Å². The van der Waals surface area contributed by atoms with Gasteiger partial charge in [-0.05, 0) is 31.0 Å². The van der Waals surface area contributed by atoms with Crippen molar-refractivity contribution < 1.29 is 9.47 Å². The van der Waals surface area contributed by atoms with Crippen LogP contribution < -0.4 is 15.2 Å². The van der Waals surface area contributed by atoms with Gasteiger partial charge in [-0.25, -0.2) is 0 Å². The average Bonchev–Trinajstić information content (AvgIpc) is 2.13. The number of methoxy groups -OCH3 is 2. The standard InChI is InChI=1S/C10H15NO2/c1-6-5-8(12-3)10(13-4)9(11)7(6)2/h5H,11H2,1-4H3. The molecule has 0 aliphatic rings. The van der Waals surface area contributed by atoms with Gasteiger partial charge in [0.2, 0.25) is 0 Å².